The minimum Gasteiger partial charge on any atom is -0.396 e. The zero-order valence-electron chi connectivity index (χ0n) is 13.3. The van der Waals surface area contributed by atoms with Crippen LogP contribution in [-0.4, -0.2) is 41.5 Å². The molecule has 2 rings (SSSR count). The van der Waals surface area contributed by atoms with Gasteiger partial charge in [0.05, 0.1) is 0 Å². The van der Waals surface area contributed by atoms with Crippen molar-refractivity contribution in [2.24, 2.45) is 0 Å². The molecule has 1 unspecified atom stereocenters. The van der Waals surface area contributed by atoms with E-state index in [1.165, 1.54) is 12.8 Å². The highest BCUT2D eigenvalue weighted by molar-refractivity contribution is 5.96. The molecule has 3 heteroatoms. The summed E-state index contributed by atoms with van der Waals surface area (Å²) in [5, 5.41) is 9.16. The van der Waals surface area contributed by atoms with Gasteiger partial charge < -0.3 is 5.11 Å². The molecule has 1 saturated heterocycles. The van der Waals surface area contributed by atoms with Crippen LogP contribution >= 0.6 is 0 Å². The van der Waals surface area contributed by atoms with Crippen LogP contribution in [0.2, 0.25) is 0 Å². The van der Waals surface area contributed by atoms with Gasteiger partial charge in [0, 0.05) is 31.2 Å². The number of hydrogen-bond acceptors (Lipinski definition) is 3. The largest absolute Gasteiger partial charge is 0.396 e. The normalized spacial score (nSPS) is 19.7. The standard InChI is InChI=1S/C18H27NO2/c1-14-11-15(2)13-16(12-14)18(21)6-9-19-8-4-3-5-17(19)7-10-20/h11-13,17,20H,3-10H2,1-2H3. The second-order valence-electron chi connectivity index (χ2n) is 6.25. The molecular weight excluding hydrogens is 262 g/mol. The van der Waals surface area contributed by atoms with Crippen LogP contribution in [0.4, 0.5) is 0 Å². The Labute approximate surface area is 128 Å². The predicted molar refractivity (Wildman–Crippen MR) is 85.8 cm³/mol. The van der Waals surface area contributed by atoms with Crippen molar-refractivity contribution in [2.75, 3.05) is 19.7 Å². The average molecular weight is 289 g/mol. The summed E-state index contributed by atoms with van der Waals surface area (Å²) >= 11 is 0. The maximum absolute atomic E-state index is 12.4. The van der Waals surface area contributed by atoms with Crippen LogP contribution in [0, 0.1) is 13.8 Å². The number of aryl methyl sites for hydroxylation is 2. The van der Waals surface area contributed by atoms with Gasteiger partial charge in [0.15, 0.2) is 5.78 Å². The van der Waals surface area contributed by atoms with Gasteiger partial charge in [-0.15, -0.1) is 0 Å². The Bertz CT molecular complexity index is 462. The Morgan fingerprint density at radius 1 is 1.24 bits per heavy atom. The zero-order valence-corrected chi connectivity index (χ0v) is 13.3. The van der Waals surface area contributed by atoms with Crippen molar-refractivity contribution >= 4 is 5.78 Å². The molecule has 0 spiro atoms. The van der Waals surface area contributed by atoms with Crippen LogP contribution in [0.3, 0.4) is 0 Å². The smallest absolute Gasteiger partial charge is 0.164 e. The maximum Gasteiger partial charge on any atom is 0.164 e. The van der Waals surface area contributed by atoms with Crippen LogP contribution in [-0.2, 0) is 0 Å². The number of carbonyl (C=O) groups is 1. The molecule has 1 aliphatic rings. The SMILES string of the molecule is Cc1cc(C)cc(C(=O)CCN2CCCCC2CCO)c1. The van der Waals surface area contributed by atoms with E-state index in [0.717, 1.165) is 42.6 Å². The predicted octanol–water partition coefficient (Wildman–Crippen LogP) is 3.11. The molecule has 116 valence electrons. The molecule has 1 aromatic rings. The molecule has 0 saturated carbocycles. The topological polar surface area (TPSA) is 40.5 Å². The van der Waals surface area contributed by atoms with Gasteiger partial charge in [0.2, 0.25) is 0 Å². The molecule has 3 nitrogen and oxygen atoms in total. The number of aliphatic hydroxyl groups is 1. The quantitative estimate of drug-likeness (QED) is 0.818. The lowest BCUT2D eigenvalue weighted by atomic mass is 9.98. The van der Waals surface area contributed by atoms with E-state index in [1.54, 1.807) is 0 Å². The average Bonchev–Trinajstić information content (AvgIpc) is 2.45. The van der Waals surface area contributed by atoms with Crippen LogP contribution in [0.15, 0.2) is 18.2 Å². The molecule has 1 atom stereocenters. The molecule has 1 heterocycles. The van der Waals surface area contributed by atoms with Crippen molar-refractivity contribution < 1.29 is 9.90 Å². The number of piperidine rings is 1. The van der Waals surface area contributed by atoms with Gasteiger partial charge in [-0.25, -0.2) is 0 Å². The Morgan fingerprint density at radius 2 is 1.95 bits per heavy atom. The molecule has 0 aromatic heterocycles. The van der Waals surface area contributed by atoms with Crippen LogP contribution in [0.1, 0.15) is 53.6 Å². The van der Waals surface area contributed by atoms with Gasteiger partial charge in [0.1, 0.15) is 0 Å². The molecule has 1 fully saturated rings. The highest BCUT2D eigenvalue weighted by Crippen LogP contribution is 2.20. The third kappa shape index (κ3) is 4.65. The summed E-state index contributed by atoms with van der Waals surface area (Å²) in [6.07, 6.45) is 5.01. The lowest BCUT2D eigenvalue weighted by Crippen LogP contribution is -2.41. The summed E-state index contributed by atoms with van der Waals surface area (Å²) in [5.74, 6) is 0.232. The van der Waals surface area contributed by atoms with Crippen molar-refractivity contribution in [3.8, 4) is 0 Å². The van der Waals surface area contributed by atoms with Gasteiger partial charge in [-0.3, -0.25) is 9.69 Å². The first-order valence-corrected chi connectivity index (χ1v) is 8.06. The van der Waals surface area contributed by atoms with Crippen molar-refractivity contribution in [2.45, 2.75) is 52.0 Å². The fourth-order valence-electron chi connectivity index (χ4n) is 3.36. The summed E-state index contributed by atoms with van der Waals surface area (Å²) in [4.78, 5) is 14.8. The Hall–Kier alpha value is -1.19. The molecule has 1 aromatic carbocycles. The molecule has 0 amide bonds. The van der Waals surface area contributed by atoms with E-state index in [1.807, 2.05) is 26.0 Å². The number of benzene rings is 1. The minimum absolute atomic E-state index is 0.232. The number of nitrogens with zero attached hydrogens (tertiary/aromatic N) is 1. The lowest BCUT2D eigenvalue weighted by Gasteiger charge is -2.35. The fraction of sp³-hybridized carbons (Fsp3) is 0.611. The Morgan fingerprint density at radius 3 is 2.62 bits per heavy atom. The summed E-state index contributed by atoms with van der Waals surface area (Å²) in [7, 11) is 0. The molecular formula is C18H27NO2. The summed E-state index contributed by atoms with van der Waals surface area (Å²) < 4.78 is 0. The highest BCUT2D eigenvalue weighted by Gasteiger charge is 2.22. The number of likely N-dealkylation sites (tertiary alicyclic amines) is 1. The molecule has 0 bridgehead atoms. The zero-order chi connectivity index (χ0) is 15.2. The van der Waals surface area contributed by atoms with Gasteiger partial charge in [-0.1, -0.05) is 23.6 Å². The Kier molecular flexibility index (Phi) is 5.95. The van der Waals surface area contributed by atoms with E-state index in [2.05, 4.69) is 11.0 Å². The van der Waals surface area contributed by atoms with E-state index < -0.39 is 0 Å². The molecule has 21 heavy (non-hydrogen) atoms. The van der Waals surface area contributed by atoms with E-state index in [4.69, 9.17) is 5.11 Å². The van der Waals surface area contributed by atoms with Gasteiger partial charge in [-0.05, 0) is 51.8 Å². The Balaban J connectivity index is 1.93. The second-order valence-corrected chi connectivity index (χ2v) is 6.25. The van der Waals surface area contributed by atoms with Crippen molar-refractivity contribution in [3.63, 3.8) is 0 Å². The third-order valence-electron chi connectivity index (χ3n) is 4.38. The van der Waals surface area contributed by atoms with Crippen LogP contribution in [0.25, 0.3) is 0 Å². The van der Waals surface area contributed by atoms with E-state index in [9.17, 15) is 4.79 Å². The number of rotatable bonds is 6. The van der Waals surface area contributed by atoms with E-state index >= 15 is 0 Å². The van der Waals surface area contributed by atoms with E-state index in [0.29, 0.717) is 12.5 Å². The van der Waals surface area contributed by atoms with Crippen molar-refractivity contribution in [1.82, 2.24) is 4.90 Å². The summed E-state index contributed by atoms with van der Waals surface area (Å²) in [6, 6.07) is 6.52. The van der Waals surface area contributed by atoms with Gasteiger partial charge >= 0.3 is 0 Å². The molecule has 1 N–H and O–H groups in total. The van der Waals surface area contributed by atoms with E-state index in [-0.39, 0.29) is 12.4 Å². The fourth-order valence-corrected chi connectivity index (χ4v) is 3.36. The minimum atomic E-state index is 0.232. The number of Topliss-reactive ketones (excluding diaryl/α,β-unsaturated/α-hetero) is 1. The molecule has 0 radical (unpaired) electrons. The first-order chi connectivity index (χ1) is 10.1. The second kappa shape index (κ2) is 7.71. The highest BCUT2D eigenvalue weighted by atomic mass is 16.3. The summed E-state index contributed by atoms with van der Waals surface area (Å²) in [6.45, 7) is 6.19. The number of hydrogen-bond donors (Lipinski definition) is 1. The maximum atomic E-state index is 12.4. The molecule has 0 aliphatic carbocycles. The van der Waals surface area contributed by atoms with Gasteiger partial charge in [0.25, 0.3) is 0 Å². The van der Waals surface area contributed by atoms with Crippen molar-refractivity contribution in [1.29, 1.82) is 0 Å². The number of carbonyl (C=O) groups excluding carboxylic acids is 1. The monoisotopic (exact) mass is 289 g/mol. The first-order valence-electron chi connectivity index (χ1n) is 8.06. The lowest BCUT2D eigenvalue weighted by molar-refractivity contribution is 0.0896. The number of ketones is 1. The summed E-state index contributed by atoms with van der Waals surface area (Å²) in [5.41, 5.74) is 3.13. The van der Waals surface area contributed by atoms with Crippen LogP contribution in [0.5, 0.6) is 0 Å². The van der Waals surface area contributed by atoms with Crippen molar-refractivity contribution in [3.05, 3.63) is 34.9 Å². The molecule has 1 aliphatic heterocycles. The first kappa shape index (κ1) is 16.2. The third-order valence-corrected chi connectivity index (χ3v) is 4.38. The number of aliphatic hydroxyl groups excluding tert-OH is 1. The van der Waals surface area contributed by atoms with Crippen LogP contribution < -0.4 is 0 Å². The van der Waals surface area contributed by atoms with Gasteiger partial charge in [-0.2, -0.15) is 0 Å².